The molecule has 1 aromatic heterocycles. The van der Waals surface area contributed by atoms with Crippen LogP contribution in [0.2, 0.25) is 0 Å². The van der Waals surface area contributed by atoms with Crippen molar-refractivity contribution in [3.8, 4) is 0 Å². The van der Waals surface area contributed by atoms with E-state index in [9.17, 15) is 0 Å². The smallest absolute Gasteiger partial charge is 0.243 e. The molecule has 0 saturated heterocycles. The van der Waals surface area contributed by atoms with E-state index >= 15 is 0 Å². The maximum absolute atomic E-state index is 3.90. The molecular formula is C10H12BrN5. The number of hydrogen-bond acceptors (Lipinski definition) is 4. The van der Waals surface area contributed by atoms with Crippen molar-refractivity contribution in [1.82, 2.24) is 20.2 Å². The zero-order valence-electron chi connectivity index (χ0n) is 8.89. The molecule has 2 aromatic rings. The summed E-state index contributed by atoms with van der Waals surface area (Å²) >= 11 is 3.40. The summed E-state index contributed by atoms with van der Waals surface area (Å²) in [5.41, 5.74) is 1.19. The van der Waals surface area contributed by atoms with E-state index in [0.717, 1.165) is 11.0 Å². The number of aromatic nitrogens is 4. The van der Waals surface area contributed by atoms with Crippen LogP contribution in [0.1, 0.15) is 12.5 Å². The Bertz CT molecular complexity index is 450. The average Bonchev–Trinajstić information content (AvgIpc) is 2.76. The number of rotatable bonds is 4. The van der Waals surface area contributed by atoms with Crippen LogP contribution in [-0.4, -0.2) is 20.2 Å². The predicted molar refractivity (Wildman–Crippen MR) is 65.0 cm³/mol. The molecule has 0 fully saturated rings. The molecule has 0 aliphatic rings. The highest BCUT2D eigenvalue weighted by molar-refractivity contribution is 9.10. The number of tetrazole rings is 1. The third-order valence-corrected chi connectivity index (χ3v) is 2.72. The van der Waals surface area contributed by atoms with Gasteiger partial charge in [-0.05, 0) is 35.0 Å². The van der Waals surface area contributed by atoms with E-state index in [4.69, 9.17) is 0 Å². The van der Waals surface area contributed by atoms with Gasteiger partial charge in [0.05, 0.1) is 0 Å². The summed E-state index contributed by atoms with van der Waals surface area (Å²) in [6, 6.07) is 8.13. The average molecular weight is 282 g/mol. The van der Waals surface area contributed by atoms with Crippen molar-refractivity contribution in [3.05, 3.63) is 34.3 Å². The summed E-state index contributed by atoms with van der Waals surface area (Å²) in [5, 5.41) is 14.6. The first kappa shape index (κ1) is 11.1. The number of anilines is 1. The highest BCUT2D eigenvalue weighted by Gasteiger charge is 2.02. The number of nitrogens with one attached hydrogen (secondary N) is 1. The summed E-state index contributed by atoms with van der Waals surface area (Å²) in [6.07, 6.45) is 0. The molecule has 2 rings (SSSR count). The van der Waals surface area contributed by atoms with Crippen LogP contribution in [0.4, 0.5) is 5.95 Å². The number of aryl methyl sites for hydroxylation is 1. The molecule has 0 bridgehead atoms. The Morgan fingerprint density at radius 3 is 2.75 bits per heavy atom. The summed E-state index contributed by atoms with van der Waals surface area (Å²) < 4.78 is 2.80. The molecule has 0 atom stereocenters. The topological polar surface area (TPSA) is 55.6 Å². The molecule has 5 nitrogen and oxygen atoms in total. The molecule has 84 valence electrons. The molecule has 1 N–H and O–H groups in total. The molecule has 1 aromatic carbocycles. The van der Waals surface area contributed by atoms with E-state index < -0.39 is 0 Å². The Kier molecular flexibility index (Phi) is 3.51. The SMILES string of the molecule is CCn1nnnc1NCc1ccc(Br)cc1. The van der Waals surface area contributed by atoms with Crippen LogP contribution in [0.25, 0.3) is 0 Å². The van der Waals surface area contributed by atoms with Gasteiger partial charge >= 0.3 is 0 Å². The summed E-state index contributed by atoms with van der Waals surface area (Å²) in [5.74, 6) is 0.699. The zero-order valence-corrected chi connectivity index (χ0v) is 10.5. The molecule has 0 unspecified atom stereocenters. The number of nitrogens with zero attached hydrogens (tertiary/aromatic N) is 4. The van der Waals surface area contributed by atoms with Crippen LogP contribution in [-0.2, 0) is 13.1 Å². The van der Waals surface area contributed by atoms with Gasteiger partial charge in [0, 0.05) is 17.6 Å². The van der Waals surface area contributed by atoms with Crippen LogP contribution in [0.3, 0.4) is 0 Å². The van der Waals surface area contributed by atoms with E-state index in [1.165, 1.54) is 5.56 Å². The monoisotopic (exact) mass is 281 g/mol. The van der Waals surface area contributed by atoms with Crippen LogP contribution >= 0.6 is 15.9 Å². The van der Waals surface area contributed by atoms with Crippen LogP contribution in [0, 0.1) is 0 Å². The standard InChI is InChI=1S/C10H12BrN5/c1-2-16-10(13-14-15-16)12-7-8-3-5-9(11)6-4-8/h3-6H,2,7H2,1H3,(H,12,13,15). The number of halogens is 1. The molecule has 0 spiro atoms. The lowest BCUT2D eigenvalue weighted by atomic mass is 10.2. The molecule has 1 heterocycles. The van der Waals surface area contributed by atoms with Gasteiger partial charge in [-0.15, -0.1) is 0 Å². The Hall–Kier alpha value is -1.43. The third kappa shape index (κ3) is 2.57. The third-order valence-electron chi connectivity index (χ3n) is 2.20. The van der Waals surface area contributed by atoms with Crippen LogP contribution in [0.15, 0.2) is 28.7 Å². The van der Waals surface area contributed by atoms with Crippen LogP contribution < -0.4 is 5.32 Å². The molecule has 0 radical (unpaired) electrons. The van der Waals surface area contributed by atoms with Crippen molar-refractivity contribution < 1.29 is 0 Å². The fourth-order valence-electron chi connectivity index (χ4n) is 1.33. The molecule has 0 saturated carbocycles. The lowest BCUT2D eigenvalue weighted by molar-refractivity contribution is 0.629. The fourth-order valence-corrected chi connectivity index (χ4v) is 1.59. The van der Waals surface area contributed by atoms with Gasteiger partial charge in [0.2, 0.25) is 5.95 Å². The van der Waals surface area contributed by atoms with E-state index in [0.29, 0.717) is 12.5 Å². The van der Waals surface area contributed by atoms with Gasteiger partial charge in [0.25, 0.3) is 0 Å². The molecule has 16 heavy (non-hydrogen) atoms. The number of benzene rings is 1. The number of hydrogen-bond donors (Lipinski definition) is 1. The normalized spacial score (nSPS) is 10.4. The Morgan fingerprint density at radius 2 is 2.06 bits per heavy atom. The van der Waals surface area contributed by atoms with Crippen molar-refractivity contribution >= 4 is 21.9 Å². The second kappa shape index (κ2) is 5.07. The highest BCUT2D eigenvalue weighted by Crippen LogP contribution is 2.11. The van der Waals surface area contributed by atoms with Crippen molar-refractivity contribution in [1.29, 1.82) is 0 Å². The second-order valence-corrected chi connectivity index (χ2v) is 4.21. The maximum Gasteiger partial charge on any atom is 0.243 e. The minimum absolute atomic E-state index is 0.699. The first-order valence-electron chi connectivity index (χ1n) is 5.04. The van der Waals surface area contributed by atoms with Crippen LogP contribution in [0.5, 0.6) is 0 Å². The second-order valence-electron chi connectivity index (χ2n) is 3.30. The van der Waals surface area contributed by atoms with E-state index in [1.807, 2.05) is 19.1 Å². The highest BCUT2D eigenvalue weighted by atomic mass is 79.9. The Morgan fingerprint density at radius 1 is 1.31 bits per heavy atom. The summed E-state index contributed by atoms with van der Waals surface area (Å²) in [7, 11) is 0. The first-order chi connectivity index (χ1) is 7.79. The summed E-state index contributed by atoms with van der Waals surface area (Å²) in [4.78, 5) is 0. The predicted octanol–water partition coefficient (Wildman–Crippen LogP) is 2.07. The minimum Gasteiger partial charge on any atom is -0.349 e. The van der Waals surface area contributed by atoms with Gasteiger partial charge in [-0.1, -0.05) is 33.2 Å². The molecular weight excluding hydrogens is 270 g/mol. The van der Waals surface area contributed by atoms with Crippen molar-refractivity contribution in [2.75, 3.05) is 5.32 Å². The van der Waals surface area contributed by atoms with Crippen molar-refractivity contribution in [3.63, 3.8) is 0 Å². The van der Waals surface area contributed by atoms with E-state index in [1.54, 1.807) is 4.68 Å². The van der Waals surface area contributed by atoms with Gasteiger partial charge in [0.15, 0.2) is 0 Å². The molecule has 0 amide bonds. The quantitative estimate of drug-likeness (QED) is 0.932. The van der Waals surface area contributed by atoms with Gasteiger partial charge in [-0.25, -0.2) is 4.68 Å². The van der Waals surface area contributed by atoms with E-state index in [2.05, 4.69) is 48.9 Å². The molecule has 0 aliphatic carbocycles. The maximum atomic E-state index is 3.90. The van der Waals surface area contributed by atoms with Gasteiger partial charge < -0.3 is 5.32 Å². The first-order valence-corrected chi connectivity index (χ1v) is 5.83. The molecule has 0 aliphatic heterocycles. The molecule has 6 heteroatoms. The van der Waals surface area contributed by atoms with Gasteiger partial charge in [0.1, 0.15) is 0 Å². The van der Waals surface area contributed by atoms with E-state index in [-0.39, 0.29) is 0 Å². The largest absolute Gasteiger partial charge is 0.349 e. The minimum atomic E-state index is 0.699. The summed E-state index contributed by atoms with van der Waals surface area (Å²) in [6.45, 7) is 3.48. The zero-order chi connectivity index (χ0) is 11.4. The van der Waals surface area contributed by atoms with Gasteiger partial charge in [-0.2, -0.15) is 0 Å². The Balaban J connectivity index is 1.99. The fraction of sp³-hybridized carbons (Fsp3) is 0.300. The van der Waals surface area contributed by atoms with Crippen molar-refractivity contribution in [2.24, 2.45) is 0 Å². The van der Waals surface area contributed by atoms with Gasteiger partial charge in [-0.3, -0.25) is 0 Å². The lowest BCUT2D eigenvalue weighted by Gasteiger charge is -2.05. The van der Waals surface area contributed by atoms with Crippen molar-refractivity contribution in [2.45, 2.75) is 20.0 Å². The lowest BCUT2D eigenvalue weighted by Crippen LogP contribution is -2.07. The Labute approximate surface area is 102 Å².